The summed E-state index contributed by atoms with van der Waals surface area (Å²) in [5, 5.41) is 8.96. The predicted octanol–water partition coefficient (Wildman–Crippen LogP) is -2.12. The zero-order valence-electron chi connectivity index (χ0n) is 19.9. The van der Waals surface area contributed by atoms with Gasteiger partial charge < -0.3 is 25.3 Å². The second-order valence-electron chi connectivity index (χ2n) is 5.98. The number of hydrogen-bond donors (Lipinski definition) is 2. The molecule has 0 aromatic carbocycles. The van der Waals surface area contributed by atoms with Gasteiger partial charge in [-0.2, -0.15) is 10.2 Å². The van der Waals surface area contributed by atoms with Gasteiger partial charge in [0, 0.05) is 25.5 Å². The molecule has 197 valence electrons. The Bertz CT molecular complexity index is 899. The Kier molecular flexibility index (Phi) is 20.7. The number of nitrogens with one attached hydrogen (secondary N) is 2. The molecule has 0 amide bonds. The third-order valence-corrected chi connectivity index (χ3v) is 3.75. The van der Waals surface area contributed by atoms with Crippen LogP contribution in [0, 0.1) is 10.2 Å². The number of hydrogen-bond acceptors (Lipinski definition) is 12. The molecule has 0 fully saturated rings. The Morgan fingerprint density at radius 3 is 1.36 bits per heavy atom. The summed E-state index contributed by atoms with van der Waals surface area (Å²) in [4.78, 5) is 16.3. The van der Waals surface area contributed by atoms with Gasteiger partial charge in [-0.15, -0.1) is 10.2 Å². The van der Waals surface area contributed by atoms with Gasteiger partial charge in [-0.1, -0.05) is 12.1 Å². The van der Waals surface area contributed by atoms with Crippen LogP contribution in [-0.2, 0) is 42.3 Å². The Hall–Kier alpha value is -2.33. The van der Waals surface area contributed by atoms with Gasteiger partial charge >= 0.3 is 17.1 Å². The molecule has 0 atom stereocenters. The SMILES string of the molecule is CCN=C([S-])N/N=C(\C)c1ccccn1.CCN=C([S-])N/N=C(\C)c1ccccn1.[Fe+3].[O-][Cl+3]([O-])([O-])[O-]. The first-order chi connectivity index (χ1) is 16.5. The molecule has 2 aromatic heterocycles. The van der Waals surface area contributed by atoms with E-state index in [2.05, 4.69) is 41.0 Å². The molecule has 0 bridgehead atoms. The van der Waals surface area contributed by atoms with Crippen molar-refractivity contribution in [2.45, 2.75) is 27.7 Å². The van der Waals surface area contributed by atoms with E-state index >= 15 is 0 Å². The summed E-state index contributed by atoms with van der Waals surface area (Å²) in [5.74, 6) is 0. The largest absolute Gasteiger partial charge is 3.00 e. The van der Waals surface area contributed by atoms with E-state index in [0.717, 1.165) is 22.8 Å². The summed E-state index contributed by atoms with van der Waals surface area (Å²) >= 11 is 9.83. The predicted molar refractivity (Wildman–Crippen MR) is 130 cm³/mol. The minimum atomic E-state index is -4.94. The summed E-state index contributed by atoms with van der Waals surface area (Å²) in [7, 11) is -4.94. The van der Waals surface area contributed by atoms with Crippen LogP contribution in [0.1, 0.15) is 39.1 Å². The van der Waals surface area contributed by atoms with Gasteiger partial charge in [0.05, 0.1) is 22.8 Å². The summed E-state index contributed by atoms with van der Waals surface area (Å²) in [6.45, 7) is 8.88. The van der Waals surface area contributed by atoms with Crippen LogP contribution in [0.2, 0.25) is 0 Å². The smallest absolute Gasteiger partial charge is 0.741 e. The molecule has 2 rings (SSSR count). The topological polar surface area (TPSA) is 192 Å². The molecule has 1 radical (unpaired) electrons. The molecule has 2 aromatic rings. The van der Waals surface area contributed by atoms with E-state index < -0.39 is 10.2 Å². The Morgan fingerprint density at radius 1 is 0.778 bits per heavy atom. The van der Waals surface area contributed by atoms with Crippen LogP contribution >= 0.6 is 0 Å². The Morgan fingerprint density at radius 2 is 1.11 bits per heavy atom. The van der Waals surface area contributed by atoms with Crippen LogP contribution in [0.4, 0.5) is 0 Å². The maximum Gasteiger partial charge on any atom is 3.00 e. The van der Waals surface area contributed by atoms with Crippen LogP contribution in [0.3, 0.4) is 0 Å². The third kappa shape index (κ3) is 21.0. The maximum atomic E-state index is 8.49. The standard InChI is InChI=1S/2C10H14N4S.ClHO4.Fe/c2*1-3-11-10(15)14-13-8(2)9-6-4-5-7-12-9;2-1(3,4)5;/h2*4-7H,3H2,1-2H3,(H2,11,14,15);(H,2,3,4,5);/q;;;+3/p-3/b2*13-8+;;. The van der Waals surface area contributed by atoms with E-state index in [-0.39, 0.29) is 17.1 Å². The molecule has 0 saturated carbocycles. The first-order valence-electron chi connectivity index (χ1n) is 9.95. The summed E-state index contributed by atoms with van der Waals surface area (Å²) in [5.41, 5.74) is 8.60. The van der Waals surface area contributed by atoms with Gasteiger partial charge in [0.15, 0.2) is 0 Å². The van der Waals surface area contributed by atoms with Crippen molar-refractivity contribution in [3.05, 3.63) is 60.2 Å². The van der Waals surface area contributed by atoms with Crippen molar-refractivity contribution in [3.63, 3.8) is 0 Å². The number of aromatic nitrogens is 2. The second-order valence-corrected chi connectivity index (χ2v) is 7.51. The van der Waals surface area contributed by atoms with Crippen molar-refractivity contribution in [1.29, 1.82) is 0 Å². The molecule has 0 spiro atoms. The second kappa shape index (κ2) is 20.8. The van der Waals surface area contributed by atoms with E-state index in [4.69, 9.17) is 43.9 Å². The number of nitrogens with zero attached hydrogens (tertiary/aromatic N) is 6. The number of pyridine rings is 2. The molecule has 0 aliphatic carbocycles. The van der Waals surface area contributed by atoms with Crippen molar-refractivity contribution < 1.29 is 45.9 Å². The van der Waals surface area contributed by atoms with E-state index in [9.17, 15) is 0 Å². The monoisotopic (exact) mass is 597 g/mol. The van der Waals surface area contributed by atoms with Crippen LogP contribution in [-0.4, -0.2) is 44.8 Å². The van der Waals surface area contributed by atoms with E-state index in [0.29, 0.717) is 23.4 Å². The number of hydrazone groups is 2. The summed E-state index contributed by atoms with van der Waals surface area (Å²) < 4.78 is 34.0. The van der Waals surface area contributed by atoms with Crippen molar-refractivity contribution >= 4 is 47.0 Å². The van der Waals surface area contributed by atoms with E-state index in [1.54, 1.807) is 12.4 Å². The van der Waals surface area contributed by atoms with Crippen LogP contribution in [0.15, 0.2) is 69.0 Å². The summed E-state index contributed by atoms with van der Waals surface area (Å²) in [6, 6.07) is 11.3. The average Bonchev–Trinajstić information content (AvgIpc) is 2.82. The van der Waals surface area contributed by atoms with Gasteiger partial charge in [-0.25, -0.2) is 18.6 Å². The molecule has 2 heterocycles. The molecular weight excluding hydrogens is 572 g/mol. The molecule has 36 heavy (non-hydrogen) atoms. The molecular formula is C20H26ClFeN8O4S2. The third-order valence-electron chi connectivity index (χ3n) is 3.31. The van der Waals surface area contributed by atoms with Crippen LogP contribution < -0.4 is 29.5 Å². The Balaban J connectivity index is 0. The maximum absolute atomic E-state index is 8.49. The first-order valence-corrected chi connectivity index (χ1v) is 12.0. The molecule has 0 unspecified atom stereocenters. The Labute approximate surface area is 234 Å². The number of rotatable bonds is 6. The zero-order valence-corrected chi connectivity index (χ0v) is 23.4. The van der Waals surface area contributed by atoms with Gasteiger partial charge in [-0.3, -0.25) is 30.8 Å². The molecule has 0 saturated heterocycles. The fourth-order valence-electron chi connectivity index (χ4n) is 1.89. The van der Waals surface area contributed by atoms with E-state index in [1.165, 1.54) is 0 Å². The molecule has 12 nitrogen and oxygen atoms in total. The molecule has 16 heteroatoms. The van der Waals surface area contributed by atoms with Gasteiger partial charge in [0.2, 0.25) is 0 Å². The van der Waals surface area contributed by atoms with E-state index in [1.807, 2.05) is 64.1 Å². The fraction of sp³-hybridized carbons (Fsp3) is 0.300. The minimum absolute atomic E-state index is 0. The zero-order chi connectivity index (χ0) is 26.7. The normalized spacial score (nSPS) is 12.2. The van der Waals surface area contributed by atoms with Crippen molar-refractivity contribution in [3.8, 4) is 0 Å². The number of aliphatic imine (C=N–C) groups is 2. The number of halogens is 1. The molecule has 2 N–H and O–H groups in total. The van der Waals surface area contributed by atoms with Gasteiger partial charge in [-0.05, 0) is 62.3 Å². The number of amidine groups is 2. The van der Waals surface area contributed by atoms with Crippen molar-refractivity contribution in [2.24, 2.45) is 20.2 Å². The minimum Gasteiger partial charge on any atom is -0.741 e. The first kappa shape index (κ1) is 35.8. The van der Waals surface area contributed by atoms with Gasteiger partial charge in [0.25, 0.3) is 0 Å². The van der Waals surface area contributed by atoms with Crippen LogP contribution in [0.5, 0.6) is 0 Å². The molecule has 0 aliphatic rings. The summed E-state index contributed by atoms with van der Waals surface area (Å²) in [6.07, 6.45) is 3.45. The average molecular weight is 598 g/mol. The van der Waals surface area contributed by atoms with Crippen molar-refractivity contribution in [2.75, 3.05) is 13.1 Å². The molecule has 0 aliphatic heterocycles. The van der Waals surface area contributed by atoms with Crippen LogP contribution in [0.25, 0.3) is 0 Å². The van der Waals surface area contributed by atoms with Crippen molar-refractivity contribution in [1.82, 2.24) is 20.8 Å². The fourth-order valence-corrected chi connectivity index (χ4v) is 2.24. The van der Waals surface area contributed by atoms with Gasteiger partial charge in [0.1, 0.15) is 0 Å². The quantitative estimate of drug-likeness (QED) is 0.122.